The number of para-hydroxylation sites is 1. The molecule has 0 saturated heterocycles. The van der Waals surface area contributed by atoms with Gasteiger partial charge in [0.25, 0.3) is 5.09 Å². The molecule has 1 rings (SSSR count). The summed E-state index contributed by atoms with van der Waals surface area (Å²) in [5.41, 5.74) is 0. The van der Waals surface area contributed by atoms with Crippen molar-refractivity contribution in [3.05, 3.63) is 37.9 Å². The molecule has 0 aromatic heterocycles. The lowest BCUT2D eigenvalue weighted by molar-refractivity contribution is -0.711. The van der Waals surface area contributed by atoms with E-state index < -0.39 is 5.09 Å². The fourth-order valence-corrected chi connectivity index (χ4v) is 1.08. The normalized spacial score (nSPS) is 9.18. The summed E-state index contributed by atoms with van der Waals surface area (Å²) in [5.74, 6) is 0.276. The van der Waals surface area contributed by atoms with E-state index in [2.05, 4.69) is 4.84 Å². The van der Waals surface area contributed by atoms with Crippen molar-refractivity contribution < 1.29 is 9.92 Å². The van der Waals surface area contributed by atoms with Gasteiger partial charge in [0.15, 0.2) is 0 Å². The summed E-state index contributed by atoms with van der Waals surface area (Å²) >= 11 is 1.96. The Balaban J connectivity index is 2.86. The third-order valence-corrected chi connectivity index (χ3v) is 1.90. The largest absolute Gasteiger partial charge is 0.299 e. The minimum absolute atomic E-state index is 0.276. The fourth-order valence-electron chi connectivity index (χ4n) is 0.599. The van der Waals surface area contributed by atoms with Crippen LogP contribution < -0.4 is 4.84 Å². The van der Waals surface area contributed by atoms with Gasteiger partial charge in [0, 0.05) is 3.57 Å². The summed E-state index contributed by atoms with van der Waals surface area (Å²) in [6.07, 6.45) is 0. The van der Waals surface area contributed by atoms with Gasteiger partial charge in [-0.15, -0.1) is 10.1 Å². The Hall–Kier alpha value is -0.850. The molecule has 0 saturated carbocycles. The lowest BCUT2D eigenvalue weighted by Crippen LogP contribution is -2.04. The van der Waals surface area contributed by atoms with Gasteiger partial charge >= 0.3 is 0 Å². The zero-order chi connectivity index (χ0) is 8.27. The predicted octanol–water partition coefficient (Wildman–Crippen LogP) is 1.86. The van der Waals surface area contributed by atoms with Gasteiger partial charge in [0.05, 0.1) is 0 Å². The molecule has 0 aliphatic heterocycles. The van der Waals surface area contributed by atoms with Crippen LogP contribution in [0.4, 0.5) is 0 Å². The molecule has 0 bridgehead atoms. The van der Waals surface area contributed by atoms with Crippen LogP contribution in [0.15, 0.2) is 24.3 Å². The lowest BCUT2D eigenvalue weighted by atomic mass is 10.3. The van der Waals surface area contributed by atoms with Crippen molar-refractivity contribution in [3.63, 3.8) is 0 Å². The zero-order valence-corrected chi connectivity index (χ0v) is 7.52. The number of hydrogen-bond acceptors (Lipinski definition) is 3. The molecule has 0 N–H and O–H groups in total. The van der Waals surface area contributed by atoms with E-state index >= 15 is 0 Å². The third kappa shape index (κ3) is 2.34. The first kappa shape index (κ1) is 8.25. The van der Waals surface area contributed by atoms with Crippen LogP contribution in [-0.4, -0.2) is 5.09 Å². The maximum atomic E-state index is 9.90. The van der Waals surface area contributed by atoms with Crippen molar-refractivity contribution >= 4 is 22.6 Å². The summed E-state index contributed by atoms with van der Waals surface area (Å²) in [7, 11) is 0. The molecule has 1 aromatic carbocycles. The van der Waals surface area contributed by atoms with E-state index in [1.165, 1.54) is 0 Å². The van der Waals surface area contributed by atoms with Gasteiger partial charge in [-0.1, -0.05) is 12.1 Å². The van der Waals surface area contributed by atoms with E-state index in [1.54, 1.807) is 24.3 Å². The summed E-state index contributed by atoms with van der Waals surface area (Å²) in [6, 6.07) is 6.75. The SMILES string of the molecule is O=[N+]([O-])Oc1ccccc1I. The van der Waals surface area contributed by atoms with Gasteiger partial charge in [-0.05, 0) is 34.7 Å². The van der Waals surface area contributed by atoms with Crippen molar-refractivity contribution in [3.8, 4) is 5.75 Å². The molecule has 4 nitrogen and oxygen atoms in total. The minimum Gasteiger partial charge on any atom is -0.275 e. The highest BCUT2D eigenvalue weighted by atomic mass is 127. The Labute approximate surface area is 76.4 Å². The molecule has 1 aromatic rings. The topological polar surface area (TPSA) is 52.4 Å². The Kier molecular flexibility index (Phi) is 2.64. The first-order chi connectivity index (χ1) is 5.20. The van der Waals surface area contributed by atoms with E-state index in [9.17, 15) is 10.1 Å². The molecule has 5 heteroatoms. The molecule has 0 radical (unpaired) electrons. The van der Waals surface area contributed by atoms with E-state index in [0.717, 1.165) is 3.57 Å². The van der Waals surface area contributed by atoms with Crippen molar-refractivity contribution in [2.75, 3.05) is 0 Å². The maximum Gasteiger partial charge on any atom is 0.299 e. The summed E-state index contributed by atoms with van der Waals surface area (Å²) < 4.78 is 0.724. The van der Waals surface area contributed by atoms with Crippen LogP contribution in [0.25, 0.3) is 0 Å². The van der Waals surface area contributed by atoms with Crippen molar-refractivity contribution in [1.82, 2.24) is 0 Å². The minimum atomic E-state index is -0.822. The second-order valence-electron chi connectivity index (χ2n) is 1.75. The van der Waals surface area contributed by atoms with E-state index in [4.69, 9.17) is 0 Å². The molecule has 0 amide bonds. The summed E-state index contributed by atoms with van der Waals surface area (Å²) in [6.45, 7) is 0. The standard InChI is InChI=1S/C6H4INO3/c7-5-3-1-2-4-6(5)11-8(9)10/h1-4H. The third-order valence-electron chi connectivity index (χ3n) is 1.01. The quantitative estimate of drug-likeness (QED) is 0.466. The van der Waals surface area contributed by atoms with Crippen LogP contribution in [0.3, 0.4) is 0 Å². The highest BCUT2D eigenvalue weighted by molar-refractivity contribution is 14.1. The highest BCUT2D eigenvalue weighted by Gasteiger charge is 2.01. The van der Waals surface area contributed by atoms with Gasteiger partial charge in [-0.25, -0.2) is 0 Å². The van der Waals surface area contributed by atoms with E-state index in [1.807, 2.05) is 22.6 Å². The molecule has 58 valence electrons. The van der Waals surface area contributed by atoms with Gasteiger partial charge in [0.2, 0.25) is 0 Å². The van der Waals surface area contributed by atoms with E-state index in [0.29, 0.717) is 0 Å². The molecule has 0 spiro atoms. The van der Waals surface area contributed by atoms with Crippen LogP contribution in [0.1, 0.15) is 0 Å². The smallest absolute Gasteiger partial charge is 0.275 e. The Bertz CT molecular complexity index is 276. The molecule has 0 unspecified atom stereocenters. The van der Waals surface area contributed by atoms with Crippen LogP contribution in [0.5, 0.6) is 5.75 Å². The Morgan fingerprint density at radius 3 is 2.64 bits per heavy atom. The van der Waals surface area contributed by atoms with Crippen LogP contribution in [0.2, 0.25) is 0 Å². The van der Waals surface area contributed by atoms with Crippen LogP contribution >= 0.6 is 22.6 Å². The monoisotopic (exact) mass is 265 g/mol. The first-order valence-electron chi connectivity index (χ1n) is 2.77. The highest BCUT2D eigenvalue weighted by Crippen LogP contribution is 2.19. The molecule has 0 heterocycles. The second kappa shape index (κ2) is 3.51. The molecule has 0 atom stereocenters. The van der Waals surface area contributed by atoms with Crippen LogP contribution in [0, 0.1) is 13.7 Å². The lowest BCUT2D eigenvalue weighted by Gasteiger charge is -1.98. The van der Waals surface area contributed by atoms with Crippen molar-refractivity contribution in [2.45, 2.75) is 0 Å². The number of nitrogens with zero attached hydrogens (tertiary/aromatic N) is 1. The van der Waals surface area contributed by atoms with Crippen molar-refractivity contribution in [2.24, 2.45) is 0 Å². The van der Waals surface area contributed by atoms with E-state index in [-0.39, 0.29) is 5.75 Å². The average Bonchev–Trinajstić information content (AvgIpc) is 1.93. The average molecular weight is 265 g/mol. The van der Waals surface area contributed by atoms with Crippen molar-refractivity contribution in [1.29, 1.82) is 0 Å². The Morgan fingerprint density at radius 2 is 2.09 bits per heavy atom. The molecular formula is C6H4INO3. The zero-order valence-electron chi connectivity index (χ0n) is 5.36. The molecular weight excluding hydrogens is 261 g/mol. The Morgan fingerprint density at radius 1 is 1.45 bits per heavy atom. The first-order valence-corrected chi connectivity index (χ1v) is 3.85. The number of hydrogen-bond donors (Lipinski definition) is 0. The van der Waals surface area contributed by atoms with Gasteiger partial charge < -0.3 is 0 Å². The number of rotatable bonds is 2. The van der Waals surface area contributed by atoms with Gasteiger partial charge in [0.1, 0.15) is 5.75 Å². The molecule has 0 aliphatic rings. The second-order valence-corrected chi connectivity index (χ2v) is 2.91. The summed E-state index contributed by atoms with van der Waals surface area (Å²) in [5, 5.41) is 9.08. The molecule has 0 aliphatic carbocycles. The molecule has 11 heavy (non-hydrogen) atoms. The van der Waals surface area contributed by atoms with Gasteiger partial charge in [-0.2, -0.15) is 0 Å². The van der Waals surface area contributed by atoms with Gasteiger partial charge in [-0.3, -0.25) is 4.84 Å². The maximum absolute atomic E-state index is 9.90. The number of halogens is 1. The predicted molar refractivity (Wildman–Crippen MR) is 46.8 cm³/mol. The molecule has 0 fully saturated rings. The van der Waals surface area contributed by atoms with Crippen LogP contribution in [-0.2, 0) is 0 Å². The summed E-state index contributed by atoms with van der Waals surface area (Å²) in [4.78, 5) is 14.2. The number of benzene rings is 1. The fraction of sp³-hybridized carbons (Fsp3) is 0.